The van der Waals surface area contributed by atoms with Crippen molar-refractivity contribution in [2.45, 2.75) is 10.9 Å². The molecule has 0 spiro atoms. The summed E-state index contributed by atoms with van der Waals surface area (Å²) in [6.45, 7) is 0. The second-order valence-electron chi connectivity index (χ2n) is 4.42. The summed E-state index contributed by atoms with van der Waals surface area (Å²) in [5, 5.41) is 9.40. The van der Waals surface area contributed by atoms with Crippen LogP contribution in [0.5, 0.6) is 0 Å². The molecule has 0 aliphatic rings. The summed E-state index contributed by atoms with van der Waals surface area (Å²) in [6, 6.07) is 7.12. The van der Waals surface area contributed by atoms with Gasteiger partial charge in [0.25, 0.3) is 0 Å². The van der Waals surface area contributed by atoms with Gasteiger partial charge in [0.15, 0.2) is 5.16 Å². The second-order valence-corrected chi connectivity index (χ2v) is 6.28. The lowest BCUT2D eigenvalue weighted by Gasteiger charge is -2.05. The topological polar surface area (TPSA) is 86.9 Å². The van der Waals surface area contributed by atoms with E-state index in [4.69, 9.17) is 10.2 Å². The Hall–Kier alpha value is -1.80. The van der Waals surface area contributed by atoms with Crippen molar-refractivity contribution in [1.29, 1.82) is 0 Å². The van der Waals surface area contributed by atoms with E-state index in [0.717, 1.165) is 15.4 Å². The van der Waals surface area contributed by atoms with Crippen molar-refractivity contribution in [2.24, 2.45) is 7.05 Å². The molecule has 0 saturated carbocycles. The SMILES string of the molecule is Cn1c(N)nnc1SCc1cc(=O)oc2cc(Br)ccc12. The molecule has 3 rings (SSSR count). The first kappa shape index (κ1) is 14.2. The lowest BCUT2D eigenvalue weighted by atomic mass is 10.1. The van der Waals surface area contributed by atoms with E-state index in [-0.39, 0.29) is 5.63 Å². The summed E-state index contributed by atoms with van der Waals surface area (Å²) in [5.41, 5.74) is 6.73. The lowest BCUT2D eigenvalue weighted by Crippen LogP contribution is -2.01. The molecule has 0 amide bonds. The molecule has 3 aromatic rings. The van der Waals surface area contributed by atoms with Crippen molar-refractivity contribution in [3.63, 3.8) is 0 Å². The van der Waals surface area contributed by atoms with E-state index in [9.17, 15) is 4.79 Å². The number of anilines is 1. The van der Waals surface area contributed by atoms with Gasteiger partial charge in [0.1, 0.15) is 5.58 Å². The summed E-state index contributed by atoms with van der Waals surface area (Å²) < 4.78 is 7.78. The first-order valence-corrected chi connectivity index (χ1v) is 7.82. The molecule has 0 unspecified atom stereocenters. The molecule has 0 radical (unpaired) electrons. The summed E-state index contributed by atoms with van der Waals surface area (Å²) in [6.07, 6.45) is 0. The largest absolute Gasteiger partial charge is 0.423 e. The minimum atomic E-state index is -0.367. The number of nitrogens with two attached hydrogens (primary N) is 1. The molecular weight excluding hydrogens is 356 g/mol. The van der Waals surface area contributed by atoms with Crippen LogP contribution in [0, 0.1) is 0 Å². The first-order valence-electron chi connectivity index (χ1n) is 6.04. The number of rotatable bonds is 3. The molecule has 21 heavy (non-hydrogen) atoms. The molecule has 0 aliphatic carbocycles. The van der Waals surface area contributed by atoms with E-state index in [2.05, 4.69) is 26.1 Å². The van der Waals surface area contributed by atoms with Crippen LogP contribution in [0.4, 0.5) is 5.95 Å². The van der Waals surface area contributed by atoms with Crippen molar-refractivity contribution in [3.8, 4) is 0 Å². The van der Waals surface area contributed by atoms with Gasteiger partial charge >= 0.3 is 5.63 Å². The number of aromatic nitrogens is 3. The van der Waals surface area contributed by atoms with E-state index in [1.165, 1.54) is 17.8 Å². The Morgan fingerprint density at radius 2 is 2.19 bits per heavy atom. The van der Waals surface area contributed by atoms with E-state index >= 15 is 0 Å². The first-order chi connectivity index (χ1) is 10.0. The van der Waals surface area contributed by atoms with Crippen LogP contribution in [-0.2, 0) is 12.8 Å². The highest BCUT2D eigenvalue weighted by Gasteiger charge is 2.10. The lowest BCUT2D eigenvalue weighted by molar-refractivity contribution is 0.559. The molecule has 0 saturated heterocycles. The van der Waals surface area contributed by atoms with Gasteiger partial charge in [0.2, 0.25) is 5.95 Å². The Labute approximate surface area is 132 Å². The average Bonchev–Trinajstić information content (AvgIpc) is 2.75. The van der Waals surface area contributed by atoms with Crippen molar-refractivity contribution < 1.29 is 4.42 Å². The quantitative estimate of drug-likeness (QED) is 0.566. The van der Waals surface area contributed by atoms with Crippen molar-refractivity contribution in [1.82, 2.24) is 14.8 Å². The van der Waals surface area contributed by atoms with Gasteiger partial charge in [-0.1, -0.05) is 27.7 Å². The maximum absolute atomic E-state index is 11.7. The number of nitrogens with zero attached hydrogens (tertiary/aromatic N) is 3. The zero-order valence-electron chi connectivity index (χ0n) is 11.0. The molecule has 108 valence electrons. The van der Waals surface area contributed by atoms with Gasteiger partial charge in [0.05, 0.1) is 0 Å². The number of benzene rings is 1. The fourth-order valence-electron chi connectivity index (χ4n) is 1.92. The maximum Gasteiger partial charge on any atom is 0.336 e. The third-order valence-corrected chi connectivity index (χ3v) is 4.58. The Morgan fingerprint density at radius 1 is 1.38 bits per heavy atom. The van der Waals surface area contributed by atoms with Crippen LogP contribution in [0.25, 0.3) is 11.0 Å². The number of hydrogen-bond acceptors (Lipinski definition) is 6. The third kappa shape index (κ3) is 2.81. The Balaban J connectivity index is 1.97. The highest BCUT2D eigenvalue weighted by molar-refractivity contribution is 9.10. The smallest absolute Gasteiger partial charge is 0.336 e. The molecule has 0 fully saturated rings. The molecular formula is C13H11BrN4O2S. The van der Waals surface area contributed by atoms with Crippen LogP contribution in [0.15, 0.2) is 43.1 Å². The van der Waals surface area contributed by atoms with E-state index in [1.807, 2.05) is 12.1 Å². The van der Waals surface area contributed by atoms with E-state index in [1.54, 1.807) is 17.7 Å². The molecule has 0 bridgehead atoms. The number of fused-ring (bicyclic) bond motifs is 1. The molecule has 2 N–H and O–H groups in total. The molecule has 0 atom stereocenters. The summed E-state index contributed by atoms with van der Waals surface area (Å²) >= 11 is 4.83. The minimum absolute atomic E-state index is 0.360. The Morgan fingerprint density at radius 3 is 2.90 bits per heavy atom. The predicted molar refractivity (Wildman–Crippen MR) is 85.2 cm³/mol. The van der Waals surface area contributed by atoms with Gasteiger partial charge in [-0.3, -0.25) is 4.57 Å². The second kappa shape index (κ2) is 5.53. The Bertz CT molecular complexity index is 874. The maximum atomic E-state index is 11.7. The number of nitrogen functional groups attached to an aromatic ring is 1. The minimum Gasteiger partial charge on any atom is -0.423 e. The summed E-state index contributed by atoms with van der Waals surface area (Å²) in [4.78, 5) is 11.7. The Kier molecular flexibility index (Phi) is 3.73. The van der Waals surface area contributed by atoms with Gasteiger partial charge in [-0.05, 0) is 23.8 Å². The zero-order chi connectivity index (χ0) is 15.0. The number of hydrogen-bond donors (Lipinski definition) is 1. The predicted octanol–water partition coefficient (Wildman–Crippen LogP) is 2.56. The van der Waals surface area contributed by atoms with Crippen LogP contribution in [-0.4, -0.2) is 14.8 Å². The molecule has 8 heteroatoms. The standard InChI is InChI=1S/C13H11BrN4O2S/c1-18-12(15)16-17-13(18)21-6-7-4-11(19)20-10-5-8(14)2-3-9(7)10/h2-5H,6H2,1H3,(H2,15,16). The molecule has 2 heterocycles. The monoisotopic (exact) mass is 366 g/mol. The normalized spacial score (nSPS) is 11.1. The highest BCUT2D eigenvalue weighted by Crippen LogP contribution is 2.27. The van der Waals surface area contributed by atoms with Crippen molar-refractivity contribution in [3.05, 3.63) is 44.7 Å². The summed E-state index contributed by atoms with van der Waals surface area (Å²) in [7, 11) is 1.80. The molecule has 0 aliphatic heterocycles. The van der Waals surface area contributed by atoms with E-state index in [0.29, 0.717) is 22.4 Å². The summed E-state index contributed by atoms with van der Waals surface area (Å²) in [5.74, 6) is 0.939. The van der Waals surface area contributed by atoms with Gasteiger partial charge in [0, 0.05) is 28.7 Å². The highest BCUT2D eigenvalue weighted by atomic mass is 79.9. The molecule has 1 aromatic carbocycles. The average molecular weight is 367 g/mol. The molecule has 2 aromatic heterocycles. The van der Waals surface area contributed by atoms with Crippen molar-refractivity contribution in [2.75, 3.05) is 5.73 Å². The van der Waals surface area contributed by atoms with Gasteiger partial charge in [-0.15, -0.1) is 10.2 Å². The van der Waals surface area contributed by atoms with Crippen LogP contribution >= 0.6 is 27.7 Å². The van der Waals surface area contributed by atoms with E-state index < -0.39 is 0 Å². The van der Waals surface area contributed by atoms with Gasteiger partial charge in [-0.2, -0.15) is 0 Å². The fraction of sp³-hybridized carbons (Fsp3) is 0.154. The van der Waals surface area contributed by atoms with Crippen molar-refractivity contribution >= 4 is 44.6 Å². The van der Waals surface area contributed by atoms with Crippen LogP contribution < -0.4 is 11.4 Å². The van der Waals surface area contributed by atoms with Gasteiger partial charge < -0.3 is 10.2 Å². The van der Waals surface area contributed by atoms with Crippen LogP contribution in [0.2, 0.25) is 0 Å². The third-order valence-electron chi connectivity index (χ3n) is 3.02. The number of halogens is 1. The fourth-order valence-corrected chi connectivity index (χ4v) is 3.17. The number of thioether (sulfide) groups is 1. The van der Waals surface area contributed by atoms with Crippen LogP contribution in [0.3, 0.4) is 0 Å². The zero-order valence-corrected chi connectivity index (χ0v) is 13.4. The van der Waals surface area contributed by atoms with Crippen LogP contribution in [0.1, 0.15) is 5.56 Å². The molecule has 6 nitrogen and oxygen atoms in total. The van der Waals surface area contributed by atoms with Gasteiger partial charge in [-0.25, -0.2) is 4.79 Å².